The van der Waals surface area contributed by atoms with Crippen molar-refractivity contribution in [2.24, 2.45) is 0 Å². The smallest absolute Gasteiger partial charge is 0.219 e. The topological polar surface area (TPSA) is 77.8 Å². The van der Waals surface area contributed by atoms with Gasteiger partial charge >= 0.3 is 0 Å². The molecule has 1 saturated carbocycles. The van der Waals surface area contributed by atoms with Gasteiger partial charge in [-0.1, -0.05) is 60.8 Å². The number of rotatable bonds is 5. The van der Waals surface area contributed by atoms with Crippen LogP contribution in [0.15, 0.2) is 0 Å². The van der Waals surface area contributed by atoms with Crippen LogP contribution in [0.4, 0.5) is 0 Å². The van der Waals surface area contributed by atoms with Gasteiger partial charge in [-0.3, -0.25) is 14.0 Å². The van der Waals surface area contributed by atoms with Crippen LogP contribution in [0.2, 0.25) is 0 Å². The van der Waals surface area contributed by atoms with E-state index >= 15 is 0 Å². The molecule has 0 amide bonds. The van der Waals surface area contributed by atoms with Crippen LogP contribution in [-0.2, 0) is 9.13 Å². The van der Waals surface area contributed by atoms with Crippen LogP contribution in [0.5, 0.6) is 0 Å². The first kappa shape index (κ1) is 21.4. The van der Waals surface area contributed by atoms with Crippen LogP contribution in [0, 0.1) is 0 Å². The fraction of sp³-hybridized carbons (Fsp3) is 1.00. The molecule has 0 aromatic carbocycles. The van der Waals surface area contributed by atoms with Gasteiger partial charge in [-0.05, 0) is 12.8 Å². The van der Waals surface area contributed by atoms with Crippen LogP contribution in [0.1, 0.15) is 73.6 Å². The molecule has 1 aliphatic carbocycles. The minimum atomic E-state index is -3.44. The van der Waals surface area contributed by atoms with Crippen molar-refractivity contribution in [3.8, 4) is 0 Å². The van der Waals surface area contributed by atoms with E-state index in [4.69, 9.17) is 0 Å². The third kappa shape index (κ3) is 5.68. The third-order valence-electron chi connectivity index (χ3n) is 4.93. The van der Waals surface area contributed by atoms with Crippen molar-refractivity contribution >= 4 is 14.7 Å². The van der Waals surface area contributed by atoms with Crippen LogP contribution in [0.25, 0.3) is 0 Å². The van der Waals surface area contributed by atoms with E-state index in [9.17, 15) is 18.9 Å². The Bertz CT molecular complexity index is 451. The van der Waals surface area contributed by atoms with E-state index in [1.54, 1.807) is 41.5 Å². The molecule has 0 spiro atoms. The predicted molar refractivity (Wildman–Crippen MR) is 97.6 cm³/mol. The second-order valence-electron chi connectivity index (χ2n) is 8.91. The quantitative estimate of drug-likeness (QED) is 0.690. The first-order valence-electron chi connectivity index (χ1n) is 8.55. The van der Waals surface area contributed by atoms with Crippen molar-refractivity contribution in [3.63, 3.8) is 0 Å². The van der Waals surface area contributed by atoms with Gasteiger partial charge in [-0.25, -0.2) is 0 Å². The zero-order valence-corrected chi connectivity index (χ0v) is 17.4. The molecule has 5 nitrogen and oxygen atoms in total. The Morgan fingerprint density at radius 2 is 1.17 bits per heavy atom. The average molecular weight is 367 g/mol. The summed E-state index contributed by atoms with van der Waals surface area (Å²) in [5.74, 6) is 0. The normalized spacial score (nSPS) is 23.5. The second-order valence-corrected chi connectivity index (χ2v) is 15.0. The summed E-state index contributed by atoms with van der Waals surface area (Å²) < 4.78 is 25.5. The molecule has 1 rings (SSSR count). The molecule has 2 N–H and O–H groups in total. The summed E-state index contributed by atoms with van der Waals surface area (Å²) in [5, 5.41) is -1.44. The summed E-state index contributed by atoms with van der Waals surface area (Å²) in [4.78, 5) is 22.8. The standard InChI is InChI=1S/C16H35NO4P2/c1-15(2,3)22(18,19)12-17(14-10-8-7-9-11-14)13-23(20,21)16(4,5)6/h14H,7-13H2,1-6H3,(H,18,19)(H,20,21). The number of hydrogen-bond donors (Lipinski definition) is 2. The Kier molecular flexibility index (Phi) is 6.78. The molecule has 0 heterocycles. The fourth-order valence-corrected chi connectivity index (χ4v) is 5.29. The zero-order valence-electron chi connectivity index (χ0n) is 15.6. The molecule has 1 fully saturated rings. The van der Waals surface area contributed by atoms with E-state index in [1.165, 1.54) is 6.42 Å². The lowest BCUT2D eigenvalue weighted by Gasteiger charge is -2.40. The molecule has 138 valence electrons. The van der Waals surface area contributed by atoms with Crippen molar-refractivity contribution in [2.75, 3.05) is 12.6 Å². The van der Waals surface area contributed by atoms with Gasteiger partial charge in [0.2, 0.25) is 14.7 Å². The molecule has 0 radical (unpaired) electrons. The minimum absolute atomic E-state index is 0.00178. The molecule has 0 bridgehead atoms. The summed E-state index contributed by atoms with van der Waals surface area (Å²) in [5.41, 5.74) is 0. The number of hydrogen-bond acceptors (Lipinski definition) is 3. The SMILES string of the molecule is CC(C)(C)P(=O)(O)CN(CP(=O)(O)C(C)(C)C)C1CCCCC1. The highest BCUT2D eigenvalue weighted by Crippen LogP contribution is 2.58. The first-order chi connectivity index (χ1) is 10.2. The van der Waals surface area contributed by atoms with Crippen LogP contribution >= 0.6 is 14.7 Å². The van der Waals surface area contributed by atoms with Gasteiger partial charge in [0, 0.05) is 16.4 Å². The van der Waals surface area contributed by atoms with E-state index < -0.39 is 25.0 Å². The Morgan fingerprint density at radius 3 is 1.48 bits per heavy atom. The molecule has 0 aromatic heterocycles. The van der Waals surface area contributed by atoms with Gasteiger partial charge < -0.3 is 9.79 Å². The van der Waals surface area contributed by atoms with E-state index in [0.717, 1.165) is 25.7 Å². The van der Waals surface area contributed by atoms with Crippen molar-refractivity contribution in [1.29, 1.82) is 0 Å². The molecule has 1 aliphatic rings. The minimum Gasteiger partial charge on any atom is -0.343 e. The van der Waals surface area contributed by atoms with Gasteiger partial charge in [0.1, 0.15) is 0 Å². The number of nitrogens with zero attached hydrogens (tertiary/aromatic N) is 1. The van der Waals surface area contributed by atoms with Crippen molar-refractivity contribution in [2.45, 2.75) is 90.0 Å². The summed E-state index contributed by atoms with van der Waals surface area (Å²) >= 11 is 0. The maximum atomic E-state index is 12.8. The zero-order chi connectivity index (χ0) is 18.1. The maximum Gasteiger partial charge on any atom is 0.219 e. The highest BCUT2D eigenvalue weighted by atomic mass is 31.2. The third-order valence-corrected chi connectivity index (χ3v) is 10.6. The molecule has 0 saturated heterocycles. The van der Waals surface area contributed by atoms with Crippen LogP contribution < -0.4 is 0 Å². The monoisotopic (exact) mass is 367 g/mol. The molecule has 0 aromatic rings. The highest BCUT2D eigenvalue weighted by molar-refractivity contribution is 7.60. The van der Waals surface area contributed by atoms with Gasteiger partial charge in [0.25, 0.3) is 0 Å². The lowest BCUT2D eigenvalue weighted by atomic mass is 9.95. The fourth-order valence-electron chi connectivity index (χ4n) is 2.64. The molecule has 2 atom stereocenters. The summed E-state index contributed by atoms with van der Waals surface area (Å²) in [6, 6.07) is 0.134. The average Bonchev–Trinajstić information content (AvgIpc) is 2.35. The highest BCUT2D eigenvalue weighted by Gasteiger charge is 2.42. The molecule has 23 heavy (non-hydrogen) atoms. The van der Waals surface area contributed by atoms with Gasteiger partial charge in [-0.15, -0.1) is 0 Å². The summed E-state index contributed by atoms with van der Waals surface area (Å²) in [6.45, 7) is 10.6. The van der Waals surface area contributed by atoms with Crippen molar-refractivity contribution in [3.05, 3.63) is 0 Å². The van der Waals surface area contributed by atoms with Gasteiger partial charge in [0.15, 0.2) is 0 Å². The summed E-state index contributed by atoms with van der Waals surface area (Å²) in [6.07, 6.45) is 5.22. The van der Waals surface area contributed by atoms with Gasteiger partial charge in [0.05, 0.1) is 12.6 Å². The Morgan fingerprint density at radius 1 is 0.826 bits per heavy atom. The lowest BCUT2D eigenvalue weighted by Crippen LogP contribution is -2.41. The summed E-state index contributed by atoms with van der Waals surface area (Å²) in [7, 11) is -6.89. The Balaban J connectivity index is 3.03. The van der Waals surface area contributed by atoms with E-state index in [2.05, 4.69) is 0 Å². The van der Waals surface area contributed by atoms with Gasteiger partial charge in [-0.2, -0.15) is 0 Å². The van der Waals surface area contributed by atoms with E-state index in [1.807, 2.05) is 4.90 Å². The molecule has 7 heteroatoms. The van der Waals surface area contributed by atoms with Crippen LogP contribution in [-0.4, -0.2) is 43.6 Å². The molecule has 2 unspecified atom stereocenters. The molecular formula is C16H35NO4P2. The van der Waals surface area contributed by atoms with E-state index in [0.29, 0.717) is 0 Å². The molecular weight excluding hydrogens is 332 g/mol. The second kappa shape index (κ2) is 7.30. The molecule has 0 aliphatic heterocycles. The maximum absolute atomic E-state index is 12.8. The lowest BCUT2D eigenvalue weighted by molar-refractivity contribution is 0.192. The Labute approximate surface area is 141 Å². The largest absolute Gasteiger partial charge is 0.343 e. The van der Waals surface area contributed by atoms with Crippen LogP contribution in [0.3, 0.4) is 0 Å². The Hall–Kier alpha value is 0.340. The van der Waals surface area contributed by atoms with E-state index in [-0.39, 0.29) is 18.6 Å². The predicted octanol–water partition coefficient (Wildman–Crippen LogP) is 4.67. The van der Waals surface area contributed by atoms with Crippen molar-refractivity contribution in [1.82, 2.24) is 4.90 Å². The first-order valence-corrected chi connectivity index (χ1v) is 12.2. The van der Waals surface area contributed by atoms with Crippen molar-refractivity contribution < 1.29 is 18.9 Å².